The lowest BCUT2D eigenvalue weighted by Gasteiger charge is -1.94. The molecule has 0 saturated heterocycles. The number of carbonyl (C=O) groups excluding carboxylic acids is 2. The average Bonchev–Trinajstić information content (AvgIpc) is 2.55. The Balaban J connectivity index is 3.08. The normalized spacial score (nSPS) is 10.4. The van der Waals surface area contributed by atoms with Crippen molar-refractivity contribution in [2.24, 2.45) is 7.05 Å². The van der Waals surface area contributed by atoms with Crippen molar-refractivity contribution in [3.05, 3.63) is 23.5 Å². The van der Waals surface area contributed by atoms with E-state index in [1.54, 1.807) is 13.2 Å². The Bertz CT molecular complexity index is 379. The van der Waals surface area contributed by atoms with E-state index >= 15 is 0 Å². The summed E-state index contributed by atoms with van der Waals surface area (Å²) in [6.45, 7) is 0. The van der Waals surface area contributed by atoms with Gasteiger partial charge in [0.05, 0.1) is 7.11 Å². The number of hydrogen-bond acceptors (Lipinski definition) is 4. The predicted molar refractivity (Wildman–Crippen MR) is 49.6 cm³/mol. The molecule has 0 bridgehead atoms. The van der Waals surface area contributed by atoms with Gasteiger partial charge in [0, 0.05) is 18.8 Å². The van der Waals surface area contributed by atoms with Gasteiger partial charge in [-0.05, 0) is 12.2 Å². The fourth-order valence-corrected chi connectivity index (χ4v) is 1.03. The van der Waals surface area contributed by atoms with E-state index in [0.717, 1.165) is 0 Å². The van der Waals surface area contributed by atoms with Crippen LogP contribution in [0.25, 0.3) is 6.08 Å². The van der Waals surface area contributed by atoms with Crippen LogP contribution in [0.1, 0.15) is 16.1 Å². The highest BCUT2D eigenvalue weighted by Gasteiger charge is 2.13. The number of aldehydes is 1. The molecule has 0 aliphatic heterocycles. The molecule has 1 heterocycles. The molecule has 0 saturated carbocycles. The fourth-order valence-electron chi connectivity index (χ4n) is 1.03. The van der Waals surface area contributed by atoms with Crippen LogP contribution in [0.5, 0.6) is 0 Å². The maximum atomic E-state index is 11.2. The third-order valence-electron chi connectivity index (χ3n) is 1.59. The van der Waals surface area contributed by atoms with Gasteiger partial charge >= 0.3 is 5.97 Å². The highest BCUT2D eigenvalue weighted by Crippen LogP contribution is 2.09. The first-order valence-electron chi connectivity index (χ1n) is 3.93. The van der Waals surface area contributed by atoms with Crippen LogP contribution in [0.15, 0.2) is 12.3 Å². The number of aryl methyl sites for hydroxylation is 1. The number of aromatic nitrogens is 2. The van der Waals surface area contributed by atoms with Crippen molar-refractivity contribution in [3.63, 3.8) is 0 Å². The van der Waals surface area contributed by atoms with E-state index < -0.39 is 5.97 Å². The van der Waals surface area contributed by atoms with Crippen LogP contribution in [-0.4, -0.2) is 29.1 Å². The highest BCUT2D eigenvalue weighted by molar-refractivity contribution is 5.92. The molecule has 0 fully saturated rings. The molecule has 1 rings (SSSR count). The predicted octanol–water partition coefficient (Wildman–Crippen LogP) is 0.419. The number of nitrogens with zero attached hydrogens (tertiary/aromatic N) is 2. The number of carbonyl (C=O) groups is 2. The molecule has 0 atom stereocenters. The molecule has 1 aromatic rings. The molecule has 1 aromatic heterocycles. The Kier molecular flexibility index (Phi) is 3.17. The maximum Gasteiger partial charge on any atom is 0.359 e. The summed E-state index contributed by atoms with van der Waals surface area (Å²) in [5, 5.41) is 3.91. The summed E-state index contributed by atoms with van der Waals surface area (Å²) in [5.74, 6) is -0.517. The fraction of sp³-hybridized carbons (Fsp3) is 0.222. The number of esters is 1. The molecule has 0 spiro atoms. The quantitative estimate of drug-likeness (QED) is 0.397. The second-order valence-corrected chi connectivity index (χ2v) is 2.59. The minimum Gasteiger partial charge on any atom is -0.464 e. The van der Waals surface area contributed by atoms with E-state index in [1.807, 2.05) is 0 Å². The standard InChI is InChI=1S/C9H10N2O3/c1-11-6-7(4-3-5-12)8(10-11)9(13)14-2/h3-6H,1-2H3/b4-3+. The van der Waals surface area contributed by atoms with Crippen molar-refractivity contribution in [2.45, 2.75) is 0 Å². The minimum atomic E-state index is -0.517. The first-order chi connectivity index (χ1) is 6.69. The summed E-state index contributed by atoms with van der Waals surface area (Å²) in [7, 11) is 2.97. The Labute approximate surface area is 81.0 Å². The zero-order chi connectivity index (χ0) is 10.6. The molecule has 5 nitrogen and oxygen atoms in total. The number of ether oxygens (including phenoxy) is 1. The molecule has 74 valence electrons. The molecular weight excluding hydrogens is 184 g/mol. The Morgan fingerprint density at radius 3 is 2.93 bits per heavy atom. The maximum absolute atomic E-state index is 11.2. The topological polar surface area (TPSA) is 61.2 Å². The van der Waals surface area contributed by atoms with Crippen molar-refractivity contribution in [3.8, 4) is 0 Å². The lowest BCUT2D eigenvalue weighted by Crippen LogP contribution is -2.04. The smallest absolute Gasteiger partial charge is 0.359 e. The number of rotatable bonds is 3. The molecule has 0 amide bonds. The van der Waals surface area contributed by atoms with Gasteiger partial charge in [-0.1, -0.05) is 0 Å². The van der Waals surface area contributed by atoms with E-state index in [0.29, 0.717) is 11.8 Å². The van der Waals surface area contributed by atoms with E-state index in [1.165, 1.54) is 23.9 Å². The largest absolute Gasteiger partial charge is 0.464 e. The third kappa shape index (κ3) is 2.07. The molecule has 14 heavy (non-hydrogen) atoms. The first-order valence-corrected chi connectivity index (χ1v) is 3.93. The second-order valence-electron chi connectivity index (χ2n) is 2.59. The average molecular weight is 194 g/mol. The molecule has 0 aliphatic carbocycles. The number of allylic oxidation sites excluding steroid dienone is 1. The zero-order valence-corrected chi connectivity index (χ0v) is 7.93. The van der Waals surface area contributed by atoms with Gasteiger partial charge in [-0.2, -0.15) is 5.10 Å². The van der Waals surface area contributed by atoms with Gasteiger partial charge < -0.3 is 4.74 Å². The van der Waals surface area contributed by atoms with Crippen molar-refractivity contribution < 1.29 is 14.3 Å². The van der Waals surface area contributed by atoms with E-state index in [2.05, 4.69) is 9.84 Å². The van der Waals surface area contributed by atoms with E-state index in [-0.39, 0.29) is 5.69 Å². The van der Waals surface area contributed by atoms with Gasteiger partial charge in [0.2, 0.25) is 0 Å². The summed E-state index contributed by atoms with van der Waals surface area (Å²) >= 11 is 0. The SMILES string of the molecule is COC(=O)c1nn(C)cc1/C=C/C=O. The lowest BCUT2D eigenvalue weighted by molar-refractivity contribution is -0.104. The number of hydrogen-bond donors (Lipinski definition) is 0. The lowest BCUT2D eigenvalue weighted by atomic mass is 10.2. The van der Waals surface area contributed by atoms with Crippen LogP contribution < -0.4 is 0 Å². The molecule has 0 radical (unpaired) electrons. The van der Waals surface area contributed by atoms with Crippen molar-refractivity contribution in [1.82, 2.24) is 9.78 Å². The van der Waals surface area contributed by atoms with Gasteiger partial charge in [0.1, 0.15) is 6.29 Å². The van der Waals surface area contributed by atoms with E-state index in [4.69, 9.17) is 0 Å². The van der Waals surface area contributed by atoms with Crippen LogP contribution in [0.4, 0.5) is 0 Å². The van der Waals surface area contributed by atoms with Crippen molar-refractivity contribution in [2.75, 3.05) is 7.11 Å². The van der Waals surface area contributed by atoms with E-state index in [9.17, 15) is 9.59 Å². The number of methoxy groups -OCH3 is 1. The zero-order valence-electron chi connectivity index (χ0n) is 7.93. The molecule has 5 heteroatoms. The van der Waals surface area contributed by atoms with Crippen LogP contribution in [0.2, 0.25) is 0 Å². The summed E-state index contributed by atoms with van der Waals surface area (Å²) in [6, 6.07) is 0. The Morgan fingerprint density at radius 2 is 2.36 bits per heavy atom. The Morgan fingerprint density at radius 1 is 1.64 bits per heavy atom. The van der Waals surface area contributed by atoms with Gasteiger partial charge in [-0.25, -0.2) is 4.79 Å². The van der Waals surface area contributed by atoms with Gasteiger partial charge in [0.25, 0.3) is 0 Å². The summed E-state index contributed by atoms with van der Waals surface area (Å²) in [4.78, 5) is 21.3. The molecule has 0 unspecified atom stereocenters. The summed E-state index contributed by atoms with van der Waals surface area (Å²) in [6.07, 6.45) is 5.07. The highest BCUT2D eigenvalue weighted by atomic mass is 16.5. The second kappa shape index (κ2) is 4.36. The molecular formula is C9H10N2O3. The van der Waals surface area contributed by atoms with Crippen molar-refractivity contribution in [1.29, 1.82) is 0 Å². The van der Waals surface area contributed by atoms with Gasteiger partial charge in [-0.15, -0.1) is 0 Å². The molecule has 0 aliphatic rings. The molecule has 0 aromatic carbocycles. The summed E-state index contributed by atoms with van der Waals surface area (Å²) in [5.41, 5.74) is 0.763. The van der Waals surface area contributed by atoms with Crippen LogP contribution in [0.3, 0.4) is 0 Å². The van der Waals surface area contributed by atoms with Crippen LogP contribution >= 0.6 is 0 Å². The van der Waals surface area contributed by atoms with Crippen LogP contribution in [0, 0.1) is 0 Å². The van der Waals surface area contributed by atoms with Crippen LogP contribution in [-0.2, 0) is 16.6 Å². The van der Waals surface area contributed by atoms with Crippen molar-refractivity contribution >= 4 is 18.3 Å². The summed E-state index contributed by atoms with van der Waals surface area (Å²) < 4.78 is 6.02. The first kappa shape index (κ1) is 10.2. The third-order valence-corrected chi connectivity index (χ3v) is 1.59. The van der Waals surface area contributed by atoms with Gasteiger partial charge in [-0.3, -0.25) is 9.48 Å². The van der Waals surface area contributed by atoms with Gasteiger partial charge in [0.15, 0.2) is 5.69 Å². The Hall–Kier alpha value is -1.91. The molecule has 0 N–H and O–H groups in total. The monoisotopic (exact) mass is 194 g/mol. The minimum absolute atomic E-state index is 0.202.